The van der Waals surface area contributed by atoms with E-state index in [2.05, 4.69) is 23.6 Å². The number of rotatable bonds is 2. The normalized spacial score (nSPS) is 31.2. The Morgan fingerprint density at radius 2 is 1.68 bits per heavy atom. The highest BCUT2D eigenvalue weighted by atomic mass is 16.5. The molecule has 22 heavy (non-hydrogen) atoms. The standard InChI is InChI=1S/C17H30N2O3/c1-17(2)13-14(5-10-22-17)16(20)19-6-3-15(4-7-19)18-8-11-21-12-9-18/h14-15H,3-13H2,1-2H3. The van der Waals surface area contributed by atoms with Crippen LogP contribution in [0.4, 0.5) is 0 Å². The average molecular weight is 310 g/mol. The molecule has 0 aromatic heterocycles. The van der Waals surface area contributed by atoms with Crippen molar-refractivity contribution < 1.29 is 14.3 Å². The highest BCUT2D eigenvalue weighted by Crippen LogP contribution is 2.30. The van der Waals surface area contributed by atoms with Crippen LogP contribution in [0, 0.1) is 5.92 Å². The molecule has 0 saturated carbocycles. The van der Waals surface area contributed by atoms with Crippen molar-refractivity contribution in [2.75, 3.05) is 46.0 Å². The third-order valence-corrected chi connectivity index (χ3v) is 5.38. The number of piperidine rings is 1. The summed E-state index contributed by atoms with van der Waals surface area (Å²) in [5, 5.41) is 0. The maximum Gasteiger partial charge on any atom is 0.225 e. The molecular formula is C17H30N2O3. The first-order valence-electron chi connectivity index (χ1n) is 8.80. The van der Waals surface area contributed by atoms with E-state index in [0.29, 0.717) is 18.6 Å². The van der Waals surface area contributed by atoms with Gasteiger partial charge in [-0.15, -0.1) is 0 Å². The van der Waals surface area contributed by atoms with Crippen molar-refractivity contribution in [3.8, 4) is 0 Å². The SMILES string of the molecule is CC1(C)CC(C(=O)N2CCC(N3CCOCC3)CC2)CCO1. The summed E-state index contributed by atoms with van der Waals surface area (Å²) in [5.74, 6) is 0.514. The van der Waals surface area contributed by atoms with Gasteiger partial charge in [-0.2, -0.15) is 0 Å². The Labute approximate surface area is 133 Å². The van der Waals surface area contributed by atoms with E-state index in [0.717, 1.165) is 65.1 Å². The van der Waals surface area contributed by atoms with Gasteiger partial charge in [0.2, 0.25) is 5.91 Å². The van der Waals surface area contributed by atoms with Crippen LogP contribution in [-0.2, 0) is 14.3 Å². The second-order valence-corrected chi connectivity index (χ2v) is 7.50. The lowest BCUT2D eigenvalue weighted by molar-refractivity contribution is -0.147. The number of carbonyl (C=O) groups excluding carboxylic acids is 1. The number of nitrogens with zero attached hydrogens (tertiary/aromatic N) is 2. The van der Waals surface area contributed by atoms with Crippen LogP contribution in [0.3, 0.4) is 0 Å². The molecule has 126 valence electrons. The molecule has 0 bridgehead atoms. The van der Waals surface area contributed by atoms with Crippen molar-refractivity contribution in [1.29, 1.82) is 0 Å². The van der Waals surface area contributed by atoms with E-state index in [1.54, 1.807) is 0 Å². The number of likely N-dealkylation sites (tertiary alicyclic amines) is 1. The molecule has 1 amide bonds. The van der Waals surface area contributed by atoms with Crippen molar-refractivity contribution in [2.45, 2.75) is 51.2 Å². The van der Waals surface area contributed by atoms with E-state index in [9.17, 15) is 4.79 Å². The molecule has 3 fully saturated rings. The monoisotopic (exact) mass is 310 g/mol. The summed E-state index contributed by atoms with van der Waals surface area (Å²) in [4.78, 5) is 17.4. The van der Waals surface area contributed by atoms with Crippen LogP contribution in [0.5, 0.6) is 0 Å². The van der Waals surface area contributed by atoms with Gasteiger partial charge in [0.05, 0.1) is 18.8 Å². The zero-order chi connectivity index (χ0) is 15.6. The summed E-state index contributed by atoms with van der Waals surface area (Å²) >= 11 is 0. The van der Waals surface area contributed by atoms with Crippen molar-refractivity contribution in [3.63, 3.8) is 0 Å². The zero-order valence-electron chi connectivity index (χ0n) is 14.1. The molecule has 1 unspecified atom stereocenters. The molecule has 0 radical (unpaired) electrons. The van der Waals surface area contributed by atoms with E-state index in [1.165, 1.54) is 0 Å². The number of amides is 1. The minimum atomic E-state index is -0.148. The molecular weight excluding hydrogens is 280 g/mol. The number of hydrogen-bond donors (Lipinski definition) is 0. The van der Waals surface area contributed by atoms with Gasteiger partial charge in [-0.25, -0.2) is 0 Å². The Morgan fingerprint density at radius 1 is 1.00 bits per heavy atom. The van der Waals surface area contributed by atoms with Crippen LogP contribution in [0.1, 0.15) is 39.5 Å². The molecule has 5 heteroatoms. The lowest BCUT2D eigenvalue weighted by Gasteiger charge is -2.42. The topological polar surface area (TPSA) is 42.0 Å². The van der Waals surface area contributed by atoms with Gasteiger partial charge in [0.25, 0.3) is 0 Å². The minimum absolute atomic E-state index is 0.148. The van der Waals surface area contributed by atoms with E-state index in [4.69, 9.17) is 9.47 Å². The predicted molar refractivity (Wildman–Crippen MR) is 84.7 cm³/mol. The van der Waals surface area contributed by atoms with E-state index in [1.807, 2.05) is 0 Å². The lowest BCUT2D eigenvalue weighted by atomic mass is 9.87. The second kappa shape index (κ2) is 6.85. The number of carbonyl (C=O) groups is 1. The Kier molecular flexibility index (Phi) is 5.05. The molecule has 3 rings (SSSR count). The van der Waals surface area contributed by atoms with Crippen LogP contribution < -0.4 is 0 Å². The van der Waals surface area contributed by atoms with Crippen LogP contribution in [0.2, 0.25) is 0 Å². The Balaban J connectivity index is 1.49. The summed E-state index contributed by atoms with van der Waals surface area (Å²) < 4.78 is 11.2. The highest BCUT2D eigenvalue weighted by molar-refractivity contribution is 5.79. The second-order valence-electron chi connectivity index (χ2n) is 7.50. The smallest absolute Gasteiger partial charge is 0.225 e. The van der Waals surface area contributed by atoms with Gasteiger partial charge >= 0.3 is 0 Å². The first kappa shape index (κ1) is 16.2. The van der Waals surface area contributed by atoms with Gasteiger partial charge < -0.3 is 14.4 Å². The summed E-state index contributed by atoms with van der Waals surface area (Å²) in [5.41, 5.74) is -0.148. The number of ether oxygens (including phenoxy) is 2. The quantitative estimate of drug-likeness (QED) is 0.775. The van der Waals surface area contributed by atoms with Gasteiger partial charge in [0.15, 0.2) is 0 Å². The fraction of sp³-hybridized carbons (Fsp3) is 0.941. The largest absolute Gasteiger partial charge is 0.379 e. The Hall–Kier alpha value is -0.650. The molecule has 0 aliphatic carbocycles. The number of hydrogen-bond acceptors (Lipinski definition) is 4. The number of morpholine rings is 1. The molecule has 3 saturated heterocycles. The van der Waals surface area contributed by atoms with Gasteiger partial charge in [0, 0.05) is 44.7 Å². The van der Waals surface area contributed by atoms with Crippen molar-refractivity contribution in [2.24, 2.45) is 5.92 Å². The molecule has 3 heterocycles. The summed E-state index contributed by atoms with van der Waals surface area (Å²) in [6.07, 6.45) is 3.96. The van der Waals surface area contributed by atoms with Crippen molar-refractivity contribution >= 4 is 5.91 Å². The first-order chi connectivity index (χ1) is 10.6. The van der Waals surface area contributed by atoms with Crippen LogP contribution in [-0.4, -0.2) is 73.3 Å². The van der Waals surface area contributed by atoms with Gasteiger partial charge in [-0.1, -0.05) is 0 Å². The molecule has 3 aliphatic heterocycles. The van der Waals surface area contributed by atoms with E-state index in [-0.39, 0.29) is 11.5 Å². The van der Waals surface area contributed by atoms with Crippen LogP contribution in [0.25, 0.3) is 0 Å². The molecule has 5 nitrogen and oxygen atoms in total. The molecule has 3 aliphatic rings. The van der Waals surface area contributed by atoms with E-state index >= 15 is 0 Å². The van der Waals surface area contributed by atoms with Gasteiger partial charge in [0.1, 0.15) is 0 Å². The van der Waals surface area contributed by atoms with E-state index < -0.39 is 0 Å². The minimum Gasteiger partial charge on any atom is -0.379 e. The maximum atomic E-state index is 12.8. The third-order valence-electron chi connectivity index (χ3n) is 5.38. The highest BCUT2D eigenvalue weighted by Gasteiger charge is 2.36. The Bertz CT molecular complexity index is 385. The lowest BCUT2D eigenvalue weighted by Crippen LogP contribution is -2.52. The first-order valence-corrected chi connectivity index (χ1v) is 8.80. The van der Waals surface area contributed by atoms with Crippen LogP contribution in [0.15, 0.2) is 0 Å². The molecule has 1 atom stereocenters. The fourth-order valence-corrected chi connectivity index (χ4v) is 4.09. The molecule has 0 aromatic rings. The van der Waals surface area contributed by atoms with Crippen molar-refractivity contribution in [1.82, 2.24) is 9.80 Å². The van der Waals surface area contributed by atoms with Gasteiger partial charge in [-0.3, -0.25) is 9.69 Å². The van der Waals surface area contributed by atoms with Gasteiger partial charge in [-0.05, 0) is 39.5 Å². The Morgan fingerprint density at radius 3 is 2.32 bits per heavy atom. The molecule has 0 aromatic carbocycles. The maximum absolute atomic E-state index is 12.8. The summed E-state index contributed by atoms with van der Waals surface area (Å²) in [6.45, 7) is 10.5. The predicted octanol–water partition coefficient (Wildman–Crippen LogP) is 1.51. The van der Waals surface area contributed by atoms with Crippen LogP contribution >= 0.6 is 0 Å². The summed E-state index contributed by atoms with van der Waals surface area (Å²) in [6, 6.07) is 0.638. The molecule has 0 spiro atoms. The average Bonchev–Trinajstić information content (AvgIpc) is 2.54. The summed E-state index contributed by atoms with van der Waals surface area (Å²) in [7, 11) is 0. The third kappa shape index (κ3) is 3.81. The molecule has 0 N–H and O–H groups in total. The fourth-order valence-electron chi connectivity index (χ4n) is 4.09. The van der Waals surface area contributed by atoms with Crippen molar-refractivity contribution in [3.05, 3.63) is 0 Å². The zero-order valence-corrected chi connectivity index (χ0v) is 14.1.